The molecule has 0 saturated carbocycles. The Labute approximate surface area is 289 Å². The molecule has 232 valence electrons. The predicted molar refractivity (Wildman–Crippen MR) is 209 cm³/mol. The van der Waals surface area contributed by atoms with Gasteiger partial charge in [0.1, 0.15) is 0 Å². The lowest BCUT2D eigenvalue weighted by Gasteiger charge is -2.15. The summed E-state index contributed by atoms with van der Waals surface area (Å²) in [7, 11) is 0. The van der Waals surface area contributed by atoms with Gasteiger partial charge in [0, 0.05) is 33.8 Å². The van der Waals surface area contributed by atoms with E-state index in [2.05, 4.69) is 170 Å². The highest BCUT2D eigenvalue weighted by Gasteiger charge is 2.17. The Bertz CT molecular complexity index is 2780. The first-order valence-corrected chi connectivity index (χ1v) is 16.9. The van der Waals surface area contributed by atoms with Crippen molar-refractivity contribution in [1.29, 1.82) is 0 Å². The summed E-state index contributed by atoms with van der Waals surface area (Å²) in [5.41, 5.74) is 6.94. The van der Waals surface area contributed by atoms with Crippen molar-refractivity contribution in [1.82, 2.24) is 15.0 Å². The molecule has 10 aromatic rings. The van der Waals surface area contributed by atoms with Crippen LogP contribution < -0.4 is 0 Å². The summed E-state index contributed by atoms with van der Waals surface area (Å²) in [5, 5.41) is 11.9. The number of hydrogen-bond acceptors (Lipinski definition) is 3. The van der Waals surface area contributed by atoms with E-state index in [0.29, 0.717) is 5.82 Å². The molecule has 3 nitrogen and oxygen atoms in total. The monoisotopic (exact) mass is 635 g/mol. The van der Waals surface area contributed by atoms with Crippen LogP contribution in [0.1, 0.15) is 0 Å². The van der Waals surface area contributed by atoms with Gasteiger partial charge >= 0.3 is 0 Å². The molecule has 0 unspecified atom stereocenters. The molecule has 0 N–H and O–H groups in total. The lowest BCUT2D eigenvalue weighted by molar-refractivity contribution is 1.19. The third kappa shape index (κ3) is 4.63. The summed E-state index contributed by atoms with van der Waals surface area (Å²) in [6.07, 6.45) is 1.88. The largest absolute Gasteiger partial charge is 0.256 e. The maximum Gasteiger partial charge on any atom is 0.160 e. The van der Waals surface area contributed by atoms with Crippen LogP contribution in [0.2, 0.25) is 0 Å². The van der Waals surface area contributed by atoms with Crippen LogP contribution in [0.25, 0.3) is 99.0 Å². The Morgan fingerprint density at radius 3 is 1.32 bits per heavy atom. The maximum atomic E-state index is 5.32. The minimum absolute atomic E-state index is 0.685. The van der Waals surface area contributed by atoms with E-state index < -0.39 is 0 Å². The van der Waals surface area contributed by atoms with Crippen LogP contribution in [0.15, 0.2) is 176 Å². The molecular weight excluding hydrogens is 607 g/mol. The second-order valence-electron chi connectivity index (χ2n) is 12.8. The zero-order valence-corrected chi connectivity index (χ0v) is 27.1. The molecule has 2 heterocycles. The number of rotatable bonds is 4. The van der Waals surface area contributed by atoms with Gasteiger partial charge in [-0.3, -0.25) is 4.98 Å². The van der Waals surface area contributed by atoms with Crippen molar-refractivity contribution in [2.45, 2.75) is 0 Å². The fourth-order valence-electron chi connectivity index (χ4n) is 7.51. The van der Waals surface area contributed by atoms with Crippen molar-refractivity contribution in [3.63, 3.8) is 0 Å². The molecule has 0 amide bonds. The van der Waals surface area contributed by atoms with Gasteiger partial charge in [0.25, 0.3) is 0 Å². The molecule has 0 bridgehead atoms. The van der Waals surface area contributed by atoms with Gasteiger partial charge in [-0.2, -0.15) is 0 Å². The van der Waals surface area contributed by atoms with Gasteiger partial charge in [0.15, 0.2) is 5.82 Å². The van der Waals surface area contributed by atoms with E-state index in [1.807, 2.05) is 6.20 Å². The molecule has 0 spiro atoms. The average Bonchev–Trinajstić information content (AvgIpc) is 3.20. The quantitative estimate of drug-likeness (QED) is 0.181. The van der Waals surface area contributed by atoms with Crippen LogP contribution in [0, 0.1) is 0 Å². The Hall–Kier alpha value is -6.71. The van der Waals surface area contributed by atoms with Crippen molar-refractivity contribution in [3.05, 3.63) is 176 Å². The maximum absolute atomic E-state index is 5.32. The highest BCUT2D eigenvalue weighted by Crippen LogP contribution is 2.39. The molecule has 3 heteroatoms. The Morgan fingerprint density at radius 2 is 0.760 bits per heavy atom. The molecule has 50 heavy (non-hydrogen) atoms. The molecule has 0 saturated heterocycles. The molecule has 10 rings (SSSR count). The third-order valence-corrected chi connectivity index (χ3v) is 9.90. The summed E-state index contributed by atoms with van der Waals surface area (Å²) >= 11 is 0. The summed E-state index contributed by atoms with van der Waals surface area (Å²) in [4.78, 5) is 15.4. The lowest BCUT2D eigenvalue weighted by atomic mass is 9.93. The number of aromatic nitrogens is 3. The van der Waals surface area contributed by atoms with Gasteiger partial charge in [-0.05, 0) is 72.7 Å². The Morgan fingerprint density at radius 1 is 0.320 bits per heavy atom. The van der Waals surface area contributed by atoms with E-state index >= 15 is 0 Å². The highest BCUT2D eigenvalue weighted by molar-refractivity contribution is 6.15. The van der Waals surface area contributed by atoms with Gasteiger partial charge in [0.05, 0.1) is 17.1 Å². The fraction of sp³-hybridized carbons (Fsp3) is 0. The smallest absolute Gasteiger partial charge is 0.160 e. The van der Waals surface area contributed by atoms with Gasteiger partial charge in [-0.15, -0.1) is 0 Å². The zero-order chi connectivity index (χ0) is 33.0. The average molecular weight is 636 g/mol. The Balaban J connectivity index is 1.22. The van der Waals surface area contributed by atoms with E-state index in [0.717, 1.165) is 44.7 Å². The standard InChI is InChI=1S/C47H29N3/c1-6-16-37-30(11-1)25-26-48-46(37)31-21-23-32(24-22-31)47-49-44(42-27-33-12-2-4-14-35(33)38-17-7-9-19-40(38)42)29-45(50-47)43-28-34-13-3-5-15-36(34)39-18-8-10-20-41(39)43/h1-29H. The molecule has 0 fully saturated rings. The summed E-state index contributed by atoms with van der Waals surface area (Å²) in [5.74, 6) is 0.685. The molecule has 0 atom stereocenters. The van der Waals surface area contributed by atoms with Gasteiger partial charge in [0.2, 0.25) is 0 Å². The molecule has 0 aliphatic carbocycles. The Kier molecular flexibility index (Phi) is 6.49. The first kappa shape index (κ1) is 28.3. The number of nitrogens with zero attached hydrogens (tertiary/aromatic N) is 3. The van der Waals surface area contributed by atoms with Crippen molar-refractivity contribution in [3.8, 4) is 45.2 Å². The second kappa shape index (κ2) is 11.5. The van der Waals surface area contributed by atoms with Crippen molar-refractivity contribution in [2.75, 3.05) is 0 Å². The molecule has 2 aromatic heterocycles. The number of hydrogen-bond donors (Lipinski definition) is 0. The minimum atomic E-state index is 0.685. The zero-order valence-electron chi connectivity index (χ0n) is 27.1. The molecule has 0 aliphatic rings. The van der Waals surface area contributed by atoms with Gasteiger partial charge in [-0.1, -0.05) is 146 Å². The van der Waals surface area contributed by atoms with Crippen LogP contribution in [0.5, 0.6) is 0 Å². The van der Waals surface area contributed by atoms with Crippen molar-refractivity contribution >= 4 is 53.9 Å². The van der Waals surface area contributed by atoms with Gasteiger partial charge < -0.3 is 0 Å². The third-order valence-electron chi connectivity index (χ3n) is 9.90. The van der Waals surface area contributed by atoms with Crippen molar-refractivity contribution < 1.29 is 0 Å². The van der Waals surface area contributed by atoms with E-state index in [9.17, 15) is 0 Å². The van der Waals surface area contributed by atoms with Crippen LogP contribution in [-0.2, 0) is 0 Å². The number of benzene rings is 8. The minimum Gasteiger partial charge on any atom is -0.256 e. The van der Waals surface area contributed by atoms with Crippen LogP contribution in [0.4, 0.5) is 0 Å². The van der Waals surface area contributed by atoms with E-state index in [1.54, 1.807) is 0 Å². The summed E-state index contributed by atoms with van der Waals surface area (Å²) in [6, 6.07) is 60.2. The summed E-state index contributed by atoms with van der Waals surface area (Å²) < 4.78 is 0. The fourth-order valence-corrected chi connectivity index (χ4v) is 7.51. The predicted octanol–water partition coefficient (Wildman–Crippen LogP) is 12.3. The molecule has 0 aliphatic heterocycles. The van der Waals surface area contributed by atoms with Crippen LogP contribution in [0.3, 0.4) is 0 Å². The first-order valence-electron chi connectivity index (χ1n) is 16.9. The van der Waals surface area contributed by atoms with E-state index in [1.165, 1.54) is 48.5 Å². The number of fused-ring (bicyclic) bond motifs is 7. The molecule has 8 aromatic carbocycles. The normalized spacial score (nSPS) is 11.6. The molecular formula is C47H29N3. The second-order valence-corrected chi connectivity index (χ2v) is 12.8. The van der Waals surface area contributed by atoms with Crippen molar-refractivity contribution in [2.24, 2.45) is 0 Å². The topological polar surface area (TPSA) is 38.7 Å². The first-order chi connectivity index (χ1) is 24.8. The van der Waals surface area contributed by atoms with E-state index in [4.69, 9.17) is 15.0 Å². The summed E-state index contributed by atoms with van der Waals surface area (Å²) in [6.45, 7) is 0. The highest BCUT2D eigenvalue weighted by atomic mass is 14.9. The van der Waals surface area contributed by atoms with Crippen LogP contribution in [-0.4, -0.2) is 15.0 Å². The van der Waals surface area contributed by atoms with E-state index in [-0.39, 0.29) is 0 Å². The number of pyridine rings is 1. The lowest BCUT2D eigenvalue weighted by Crippen LogP contribution is -1.97. The van der Waals surface area contributed by atoms with Crippen LogP contribution >= 0.6 is 0 Å². The SMILES string of the molecule is c1ccc2c(-c3ccc(-c4nc(-c5cc6ccccc6c6ccccc56)cc(-c5cc6ccccc6c6ccccc56)n4)cc3)nccc2c1. The van der Waals surface area contributed by atoms with Gasteiger partial charge in [-0.25, -0.2) is 9.97 Å². The molecule has 0 radical (unpaired) electrons.